The number of thioether (sulfide) groups is 1. The van der Waals surface area contributed by atoms with Crippen molar-refractivity contribution in [2.75, 3.05) is 30.0 Å². The van der Waals surface area contributed by atoms with Crippen LogP contribution < -0.4 is 4.90 Å². The average Bonchev–Trinajstić information content (AvgIpc) is 2.70. The summed E-state index contributed by atoms with van der Waals surface area (Å²) in [4.78, 5) is 28.7. The maximum atomic E-state index is 12.8. The van der Waals surface area contributed by atoms with E-state index in [9.17, 15) is 14.9 Å². The highest BCUT2D eigenvalue weighted by atomic mass is 32.2. The molecular formula is C21H21N3O2S. The fourth-order valence-corrected chi connectivity index (χ4v) is 3.78. The number of piperazine rings is 1. The van der Waals surface area contributed by atoms with Crippen LogP contribution in [-0.4, -0.2) is 47.9 Å². The average molecular weight is 379 g/mol. The van der Waals surface area contributed by atoms with Gasteiger partial charge in [-0.3, -0.25) is 9.59 Å². The number of hydrogen-bond donors (Lipinski definition) is 0. The summed E-state index contributed by atoms with van der Waals surface area (Å²) in [5, 5.41) is 9.39. The predicted molar refractivity (Wildman–Crippen MR) is 108 cm³/mol. The maximum absolute atomic E-state index is 12.8. The molecule has 0 bridgehead atoms. The second kappa shape index (κ2) is 8.74. The number of carbonyl (C=O) groups is 2. The van der Waals surface area contributed by atoms with E-state index in [1.165, 1.54) is 11.8 Å². The topological polar surface area (TPSA) is 64.4 Å². The summed E-state index contributed by atoms with van der Waals surface area (Å²) in [5.41, 5.74) is 2.19. The lowest BCUT2D eigenvalue weighted by molar-refractivity contribution is -0.137. The van der Waals surface area contributed by atoms with E-state index in [2.05, 4.69) is 6.07 Å². The monoisotopic (exact) mass is 379 g/mol. The van der Waals surface area contributed by atoms with Gasteiger partial charge in [0.15, 0.2) is 0 Å². The number of nitriles is 1. The molecule has 2 amide bonds. The molecule has 1 aliphatic heterocycles. The van der Waals surface area contributed by atoms with Gasteiger partial charge in [0.2, 0.25) is 11.8 Å². The van der Waals surface area contributed by atoms with Crippen molar-refractivity contribution in [1.29, 1.82) is 5.26 Å². The summed E-state index contributed by atoms with van der Waals surface area (Å²) in [6.45, 7) is 0.420. The smallest absolute Gasteiger partial charge is 0.246 e. The van der Waals surface area contributed by atoms with Crippen LogP contribution in [0, 0.1) is 11.3 Å². The quantitative estimate of drug-likeness (QED) is 0.801. The van der Waals surface area contributed by atoms with Gasteiger partial charge in [0.25, 0.3) is 0 Å². The van der Waals surface area contributed by atoms with Crippen LogP contribution in [0.2, 0.25) is 0 Å². The Labute approximate surface area is 163 Å². The first kappa shape index (κ1) is 19.0. The molecule has 1 unspecified atom stereocenters. The summed E-state index contributed by atoms with van der Waals surface area (Å²) in [5.74, 6) is 0.175. The Bertz CT molecular complexity index is 863. The first-order chi connectivity index (χ1) is 13.1. The van der Waals surface area contributed by atoms with Gasteiger partial charge in [0, 0.05) is 6.54 Å². The van der Waals surface area contributed by atoms with E-state index in [1.54, 1.807) is 28.0 Å². The molecule has 1 aliphatic rings. The van der Waals surface area contributed by atoms with Crippen LogP contribution in [0.3, 0.4) is 0 Å². The van der Waals surface area contributed by atoms with Gasteiger partial charge in [-0.25, -0.2) is 0 Å². The van der Waals surface area contributed by atoms with Crippen LogP contribution in [0.4, 0.5) is 5.69 Å². The summed E-state index contributed by atoms with van der Waals surface area (Å²) < 4.78 is 0. The van der Waals surface area contributed by atoms with Crippen LogP contribution in [0.15, 0.2) is 54.6 Å². The zero-order valence-corrected chi connectivity index (χ0v) is 16.0. The number of anilines is 1. The molecule has 6 heteroatoms. The van der Waals surface area contributed by atoms with Gasteiger partial charge >= 0.3 is 0 Å². The van der Waals surface area contributed by atoms with Crippen LogP contribution in [0.5, 0.6) is 0 Å². The number of carbonyl (C=O) groups excluding carboxylic acids is 2. The molecule has 2 aromatic carbocycles. The molecule has 1 saturated heterocycles. The lowest BCUT2D eigenvalue weighted by atomic mass is 10.0. The molecule has 1 fully saturated rings. The van der Waals surface area contributed by atoms with Crippen LogP contribution in [0.1, 0.15) is 11.1 Å². The molecule has 138 valence electrons. The lowest BCUT2D eigenvalue weighted by Crippen LogP contribution is -2.59. The predicted octanol–water partition coefficient (Wildman–Crippen LogP) is 2.71. The third-order valence-electron chi connectivity index (χ3n) is 4.66. The lowest BCUT2D eigenvalue weighted by Gasteiger charge is -2.41. The Morgan fingerprint density at radius 2 is 1.89 bits per heavy atom. The van der Waals surface area contributed by atoms with Crippen molar-refractivity contribution in [2.45, 2.75) is 12.5 Å². The van der Waals surface area contributed by atoms with Crippen molar-refractivity contribution in [2.24, 2.45) is 0 Å². The number of hydrogen-bond acceptors (Lipinski definition) is 4. The summed E-state index contributed by atoms with van der Waals surface area (Å²) in [6.07, 6.45) is 2.55. The molecule has 1 atom stereocenters. The van der Waals surface area contributed by atoms with Crippen molar-refractivity contribution in [3.8, 4) is 6.07 Å². The Morgan fingerprint density at radius 3 is 2.59 bits per heavy atom. The van der Waals surface area contributed by atoms with Crippen molar-refractivity contribution in [3.63, 3.8) is 0 Å². The van der Waals surface area contributed by atoms with E-state index in [0.717, 1.165) is 5.56 Å². The molecule has 0 radical (unpaired) electrons. The van der Waals surface area contributed by atoms with Gasteiger partial charge in [-0.1, -0.05) is 42.5 Å². The van der Waals surface area contributed by atoms with Gasteiger partial charge in [0.05, 0.1) is 23.0 Å². The van der Waals surface area contributed by atoms with Crippen LogP contribution in [0.25, 0.3) is 0 Å². The molecule has 27 heavy (non-hydrogen) atoms. The Hall–Kier alpha value is -2.78. The highest BCUT2D eigenvalue weighted by Gasteiger charge is 2.36. The zero-order chi connectivity index (χ0) is 19.2. The highest BCUT2D eigenvalue weighted by molar-refractivity contribution is 7.99. The molecule has 0 N–H and O–H groups in total. The van der Waals surface area contributed by atoms with E-state index in [-0.39, 0.29) is 24.4 Å². The first-order valence-corrected chi connectivity index (χ1v) is 10.1. The largest absolute Gasteiger partial charge is 0.328 e. The third kappa shape index (κ3) is 4.32. The molecule has 0 spiro atoms. The van der Waals surface area contributed by atoms with Crippen molar-refractivity contribution in [1.82, 2.24) is 4.90 Å². The number of para-hydroxylation sites is 1. The third-order valence-corrected chi connectivity index (χ3v) is 5.19. The van der Waals surface area contributed by atoms with E-state index in [4.69, 9.17) is 0 Å². The minimum absolute atomic E-state index is 0.0231. The van der Waals surface area contributed by atoms with Gasteiger partial charge in [-0.05, 0) is 30.4 Å². The first-order valence-electron chi connectivity index (χ1n) is 8.76. The number of nitrogens with zero attached hydrogens (tertiary/aromatic N) is 3. The molecule has 1 heterocycles. The number of amides is 2. The molecule has 3 rings (SSSR count). The van der Waals surface area contributed by atoms with Crippen LogP contribution >= 0.6 is 11.8 Å². The summed E-state index contributed by atoms with van der Waals surface area (Å²) >= 11 is 1.46. The SMILES string of the molecule is CSCC(=O)N1CC(=O)N(c2ccccc2C#N)CC1Cc1ccccc1. The van der Waals surface area contributed by atoms with Gasteiger partial charge in [-0.15, -0.1) is 0 Å². The van der Waals surface area contributed by atoms with Crippen molar-refractivity contribution < 1.29 is 9.59 Å². The second-order valence-electron chi connectivity index (χ2n) is 6.43. The van der Waals surface area contributed by atoms with E-state index in [0.29, 0.717) is 30.0 Å². The summed E-state index contributed by atoms with van der Waals surface area (Å²) in [7, 11) is 0. The van der Waals surface area contributed by atoms with Gasteiger partial charge in [-0.2, -0.15) is 17.0 Å². The van der Waals surface area contributed by atoms with E-state index < -0.39 is 0 Å². The standard InChI is InChI=1S/C21H21N3O2S/c1-27-15-21(26)23-14-20(25)24(19-10-6-5-9-17(19)12-22)13-18(23)11-16-7-3-2-4-8-16/h2-10,18H,11,13-15H2,1H3. The number of rotatable bonds is 5. The zero-order valence-electron chi connectivity index (χ0n) is 15.2. The van der Waals surface area contributed by atoms with Gasteiger partial charge < -0.3 is 9.80 Å². The van der Waals surface area contributed by atoms with E-state index >= 15 is 0 Å². The van der Waals surface area contributed by atoms with Crippen LogP contribution in [-0.2, 0) is 16.0 Å². The molecule has 0 aliphatic carbocycles. The fourth-order valence-electron chi connectivity index (χ4n) is 3.37. The minimum atomic E-state index is -0.156. The normalized spacial score (nSPS) is 16.9. The molecule has 2 aromatic rings. The minimum Gasteiger partial charge on any atom is -0.328 e. The highest BCUT2D eigenvalue weighted by Crippen LogP contribution is 2.25. The molecule has 0 aromatic heterocycles. The second-order valence-corrected chi connectivity index (χ2v) is 7.30. The Morgan fingerprint density at radius 1 is 1.19 bits per heavy atom. The number of benzene rings is 2. The Balaban J connectivity index is 1.91. The Kier molecular flexibility index (Phi) is 6.15. The van der Waals surface area contributed by atoms with Crippen molar-refractivity contribution in [3.05, 3.63) is 65.7 Å². The fraction of sp³-hybridized carbons (Fsp3) is 0.286. The van der Waals surface area contributed by atoms with Crippen molar-refractivity contribution >= 4 is 29.3 Å². The molecule has 5 nitrogen and oxygen atoms in total. The van der Waals surface area contributed by atoms with Gasteiger partial charge in [0.1, 0.15) is 12.6 Å². The van der Waals surface area contributed by atoms with E-state index in [1.807, 2.05) is 42.7 Å². The molecular weight excluding hydrogens is 358 g/mol. The summed E-state index contributed by atoms with van der Waals surface area (Å²) in [6, 6.07) is 19.1. The molecule has 0 saturated carbocycles. The maximum Gasteiger partial charge on any atom is 0.246 e.